The number of carbonyl (C=O) groups excluding carboxylic acids is 1. The number of amides is 1. The van der Waals surface area contributed by atoms with E-state index in [0.717, 1.165) is 37.7 Å². The lowest BCUT2D eigenvalue weighted by Crippen LogP contribution is -2.37. The molecule has 1 fully saturated rings. The van der Waals surface area contributed by atoms with Crippen LogP contribution in [0.5, 0.6) is 0 Å². The van der Waals surface area contributed by atoms with E-state index in [4.69, 9.17) is 4.74 Å². The Hall–Kier alpha value is -2.37. The Bertz CT molecular complexity index is 712. The third-order valence-corrected chi connectivity index (χ3v) is 4.39. The van der Waals surface area contributed by atoms with Crippen molar-refractivity contribution < 1.29 is 9.53 Å². The number of morpholine rings is 1. The summed E-state index contributed by atoms with van der Waals surface area (Å²) in [6, 6.07) is 16.1. The lowest BCUT2D eigenvalue weighted by molar-refractivity contribution is -0.115. The minimum atomic E-state index is -0.0331. The molecule has 0 unspecified atom stereocenters. The summed E-state index contributed by atoms with van der Waals surface area (Å²) in [6.45, 7) is 6.18. The maximum Gasteiger partial charge on any atom is 0.238 e. The van der Waals surface area contributed by atoms with Crippen molar-refractivity contribution in [3.8, 4) is 0 Å². The van der Waals surface area contributed by atoms with Crippen LogP contribution >= 0.6 is 0 Å². The van der Waals surface area contributed by atoms with Gasteiger partial charge < -0.3 is 20.3 Å². The molecule has 1 saturated heterocycles. The van der Waals surface area contributed by atoms with E-state index in [0.29, 0.717) is 6.54 Å². The van der Waals surface area contributed by atoms with Gasteiger partial charge in [0.15, 0.2) is 0 Å². The van der Waals surface area contributed by atoms with E-state index in [-0.39, 0.29) is 12.5 Å². The number of ether oxygens (including phenoxy) is 1. The van der Waals surface area contributed by atoms with Crippen LogP contribution in [-0.2, 0) is 16.1 Å². The number of carbonyl (C=O) groups is 1. The molecule has 0 spiro atoms. The van der Waals surface area contributed by atoms with Gasteiger partial charge in [0, 0.05) is 19.6 Å². The fourth-order valence-corrected chi connectivity index (χ4v) is 2.97. The van der Waals surface area contributed by atoms with Crippen molar-refractivity contribution in [1.82, 2.24) is 5.32 Å². The van der Waals surface area contributed by atoms with E-state index in [9.17, 15) is 4.79 Å². The van der Waals surface area contributed by atoms with E-state index in [1.165, 1.54) is 11.1 Å². The third-order valence-electron chi connectivity index (χ3n) is 4.39. The number of rotatable bonds is 6. The first-order valence-electron chi connectivity index (χ1n) is 8.71. The molecule has 2 aromatic carbocycles. The standard InChI is InChI=1S/C20H25N3O2/c1-16-6-2-3-7-17(16)14-21-15-20(24)22-18-8-4-5-9-19(18)23-10-12-25-13-11-23/h2-9,21H,10-15H2,1H3,(H,22,24). The molecule has 0 aromatic heterocycles. The Balaban J connectivity index is 1.55. The van der Waals surface area contributed by atoms with E-state index in [2.05, 4.69) is 34.6 Å². The van der Waals surface area contributed by atoms with E-state index in [1.807, 2.05) is 36.4 Å². The highest BCUT2D eigenvalue weighted by molar-refractivity contribution is 5.95. The van der Waals surface area contributed by atoms with Crippen LogP contribution in [0.3, 0.4) is 0 Å². The van der Waals surface area contributed by atoms with Gasteiger partial charge in [-0.1, -0.05) is 36.4 Å². The van der Waals surface area contributed by atoms with Crippen LogP contribution in [0.15, 0.2) is 48.5 Å². The minimum absolute atomic E-state index is 0.0331. The van der Waals surface area contributed by atoms with Crippen molar-refractivity contribution in [2.75, 3.05) is 43.1 Å². The summed E-state index contributed by atoms with van der Waals surface area (Å²) in [7, 11) is 0. The van der Waals surface area contributed by atoms with Crippen LogP contribution < -0.4 is 15.5 Å². The molecule has 0 bridgehead atoms. The molecular formula is C20H25N3O2. The zero-order valence-corrected chi connectivity index (χ0v) is 14.6. The summed E-state index contributed by atoms with van der Waals surface area (Å²) < 4.78 is 5.41. The topological polar surface area (TPSA) is 53.6 Å². The molecule has 1 heterocycles. The van der Waals surface area contributed by atoms with E-state index in [1.54, 1.807) is 0 Å². The van der Waals surface area contributed by atoms with Crippen LogP contribution in [0.25, 0.3) is 0 Å². The van der Waals surface area contributed by atoms with Gasteiger partial charge in [0.1, 0.15) is 0 Å². The molecule has 0 aliphatic carbocycles. The van der Waals surface area contributed by atoms with Gasteiger partial charge in [-0.05, 0) is 30.2 Å². The van der Waals surface area contributed by atoms with Crippen LogP contribution in [0.2, 0.25) is 0 Å². The van der Waals surface area contributed by atoms with Crippen LogP contribution in [0, 0.1) is 6.92 Å². The second-order valence-electron chi connectivity index (χ2n) is 6.19. The lowest BCUT2D eigenvalue weighted by Gasteiger charge is -2.30. The molecule has 2 aromatic rings. The molecule has 5 nitrogen and oxygen atoms in total. The Morgan fingerprint density at radius 2 is 1.80 bits per heavy atom. The maximum atomic E-state index is 12.3. The van der Waals surface area contributed by atoms with Gasteiger partial charge in [0.2, 0.25) is 5.91 Å². The highest BCUT2D eigenvalue weighted by atomic mass is 16.5. The molecule has 25 heavy (non-hydrogen) atoms. The molecule has 0 radical (unpaired) electrons. The quantitative estimate of drug-likeness (QED) is 0.849. The van der Waals surface area contributed by atoms with Crippen LogP contribution in [0.4, 0.5) is 11.4 Å². The SMILES string of the molecule is Cc1ccccc1CNCC(=O)Nc1ccccc1N1CCOCC1. The van der Waals surface area contributed by atoms with Gasteiger partial charge in [-0.2, -0.15) is 0 Å². The van der Waals surface area contributed by atoms with Gasteiger partial charge >= 0.3 is 0 Å². The molecule has 0 atom stereocenters. The number of aryl methyl sites for hydroxylation is 1. The average molecular weight is 339 g/mol. The summed E-state index contributed by atoms with van der Waals surface area (Å²) >= 11 is 0. The van der Waals surface area contributed by atoms with Gasteiger partial charge in [-0.15, -0.1) is 0 Å². The van der Waals surface area contributed by atoms with Crippen LogP contribution in [0.1, 0.15) is 11.1 Å². The number of benzene rings is 2. The third kappa shape index (κ3) is 4.81. The van der Waals surface area contributed by atoms with Crippen LogP contribution in [-0.4, -0.2) is 38.8 Å². The predicted octanol–water partition coefficient (Wildman–Crippen LogP) is 2.56. The molecule has 2 N–H and O–H groups in total. The van der Waals surface area contributed by atoms with E-state index >= 15 is 0 Å². The molecular weight excluding hydrogens is 314 g/mol. The summed E-state index contributed by atoms with van der Waals surface area (Å²) in [5.74, 6) is -0.0331. The Labute approximate surface area is 149 Å². The van der Waals surface area contributed by atoms with Crippen molar-refractivity contribution in [3.05, 3.63) is 59.7 Å². The minimum Gasteiger partial charge on any atom is -0.378 e. The molecule has 1 aliphatic rings. The Kier molecular flexibility index (Phi) is 6.04. The number of nitrogens with zero attached hydrogens (tertiary/aromatic N) is 1. The molecule has 0 saturated carbocycles. The van der Waals surface area contributed by atoms with Crippen molar-refractivity contribution >= 4 is 17.3 Å². The second-order valence-corrected chi connectivity index (χ2v) is 6.19. The van der Waals surface area contributed by atoms with Crippen molar-refractivity contribution in [2.24, 2.45) is 0 Å². The molecule has 3 rings (SSSR count). The Morgan fingerprint density at radius 1 is 1.08 bits per heavy atom. The van der Waals surface area contributed by atoms with Gasteiger partial charge in [-0.25, -0.2) is 0 Å². The number of para-hydroxylation sites is 2. The summed E-state index contributed by atoms with van der Waals surface area (Å²) in [4.78, 5) is 14.6. The predicted molar refractivity (Wildman–Crippen MR) is 101 cm³/mol. The normalized spacial score (nSPS) is 14.4. The largest absolute Gasteiger partial charge is 0.378 e. The highest BCUT2D eigenvalue weighted by Crippen LogP contribution is 2.26. The van der Waals surface area contributed by atoms with Gasteiger partial charge in [0.25, 0.3) is 0 Å². The highest BCUT2D eigenvalue weighted by Gasteiger charge is 2.15. The fourth-order valence-electron chi connectivity index (χ4n) is 2.97. The molecule has 1 aliphatic heterocycles. The first kappa shape index (κ1) is 17.5. The van der Waals surface area contributed by atoms with E-state index < -0.39 is 0 Å². The van der Waals surface area contributed by atoms with Crippen molar-refractivity contribution in [3.63, 3.8) is 0 Å². The average Bonchev–Trinajstić information content (AvgIpc) is 2.64. The number of anilines is 2. The van der Waals surface area contributed by atoms with Crippen molar-refractivity contribution in [2.45, 2.75) is 13.5 Å². The monoisotopic (exact) mass is 339 g/mol. The smallest absolute Gasteiger partial charge is 0.238 e. The number of hydrogen-bond donors (Lipinski definition) is 2. The second kappa shape index (κ2) is 8.65. The fraction of sp³-hybridized carbons (Fsp3) is 0.350. The first-order chi connectivity index (χ1) is 12.2. The summed E-state index contributed by atoms with van der Waals surface area (Å²) in [5, 5.41) is 6.24. The summed E-state index contributed by atoms with van der Waals surface area (Å²) in [6.07, 6.45) is 0. The molecule has 5 heteroatoms. The summed E-state index contributed by atoms with van der Waals surface area (Å²) in [5.41, 5.74) is 4.35. The number of nitrogens with one attached hydrogen (secondary N) is 2. The maximum absolute atomic E-state index is 12.3. The molecule has 132 valence electrons. The van der Waals surface area contributed by atoms with Crippen molar-refractivity contribution in [1.29, 1.82) is 0 Å². The molecule has 1 amide bonds. The Morgan fingerprint density at radius 3 is 2.60 bits per heavy atom. The lowest BCUT2D eigenvalue weighted by atomic mass is 10.1. The van der Waals surface area contributed by atoms with Gasteiger partial charge in [-0.3, -0.25) is 4.79 Å². The zero-order valence-electron chi connectivity index (χ0n) is 14.6. The zero-order chi connectivity index (χ0) is 17.5. The number of hydrogen-bond acceptors (Lipinski definition) is 4. The van der Waals surface area contributed by atoms with Gasteiger partial charge in [0.05, 0.1) is 31.1 Å². The first-order valence-corrected chi connectivity index (χ1v) is 8.71.